The first-order chi connectivity index (χ1) is 12.8. The highest BCUT2D eigenvalue weighted by molar-refractivity contribution is 7.92. The summed E-state index contributed by atoms with van der Waals surface area (Å²) in [7, 11) is -6.39. The molecular weight excluding hydrogens is 404 g/mol. The molecule has 2 atom stereocenters. The minimum atomic E-state index is -3.19. The summed E-state index contributed by atoms with van der Waals surface area (Å²) in [4.78, 5) is 25.6. The first-order valence-electron chi connectivity index (χ1n) is 8.97. The van der Waals surface area contributed by atoms with Crippen molar-refractivity contribution in [3.63, 3.8) is 0 Å². The van der Waals surface area contributed by atoms with E-state index in [0.717, 1.165) is 0 Å². The first kappa shape index (κ1) is 20.8. The van der Waals surface area contributed by atoms with Crippen LogP contribution in [0.15, 0.2) is 24.3 Å². The highest BCUT2D eigenvalue weighted by Gasteiger charge is 2.41. The largest absolute Gasteiger partial charge is 0.346 e. The van der Waals surface area contributed by atoms with Crippen molar-refractivity contribution in [2.75, 3.05) is 23.0 Å². The fourth-order valence-corrected chi connectivity index (χ4v) is 7.97. The van der Waals surface area contributed by atoms with Gasteiger partial charge in [0.2, 0.25) is 0 Å². The molecule has 2 fully saturated rings. The van der Waals surface area contributed by atoms with Crippen LogP contribution in [0.3, 0.4) is 0 Å². The second kappa shape index (κ2) is 6.84. The lowest BCUT2D eigenvalue weighted by Crippen LogP contribution is -2.49. The molecule has 0 unspecified atom stereocenters. The normalized spacial score (nSPS) is 30.6. The maximum Gasteiger partial charge on any atom is 0.252 e. The van der Waals surface area contributed by atoms with Gasteiger partial charge in [-0.2, -0.15) is 0 Å². The summed E-state index contributed by atoms with van der Waals surface area (Å²) in [6, 6.07) is 6.21. The number of nitrogens with one attached hydrogen (secondary N) is 2. The molecule has 28 heavy (non-hydrogen) atoms. The van der Waals surface area contributed by atoms with Gasteiger partial charge in [0, 0.05) is 0 Å². The summed E-state index contributed by atoms with van der Waals surface area (Å²) in [5.74, 6) is -1.33. The van der Waals surface area contributed by atoms with Gasteiger partial charge in [-0.25, -0.2) is 16.8 Å². The molecule has 0 saturated carbocycles. The molecule has 0 spiro atoms. The molecule has 0 aromatic heterocycles. The summed E-state index contributed by atoms with van der Waals surface area (Å²) >= 11 is 0. The minimum absolute atomic E-state index is 0.0126. The number of hydrogen-bond donors (Lipinski definition) is 2. The Morgan fingerprint density at radius 2 is 1.14 bits per heavy atom. The smallest absolute Gasteiger partial charge is 0.252 e. The van der Waals surface area contributed by atoms with E-state index in [4.69, 9.17) is 0 Å². The Hall–Kier alpha value is -1.94. The van der Waals surface area contributed by atoms with Gasteiger partial charge in [0.15, 0.2) is 19.7 Å². The Kier molecular flexibility index (Phi) is 5.08. The second-order valence-electron chi connectivity index (χ2n) is 8.26. The SMILES string of the molecule is C[C@@]1(NC(=O)c2ccccc2C(=O)N[C@]2(C)CCS(=O)(=O)C2)CCS(=O)(=O)C1. The third-order valence-corrected chi connectivity index (χ3v) is 9.06. The number of rotatable bonds is 4. The third-order valence-electron chi connectivity index (χ3n) is 5.25. The highest BCUT2D eigenvalue weighted by Crippen LogP contribution is 2.25. The zero-order valence-corrected chi connectivity index (χ0v) is 17.5. The molecule has 2 aliphatic rings. The first-order valence-corrected chi connectivity index (χ1v) is 12.6. The number of hydrogen-bond acceptors (Lipinski definition) is 6. The average molecular weight is 429 g/mol. The monoisotopic (exact) mass is 428 g/mol. The van der Waals surface area contributed by atoms with Gasteiger partial charge in [0.1, 0.15) is 0 Å². The molecule has 0 radical (unpaired) electrons. The van der Waals surface area contributed by atoms with E-state index < -0.39 is 42.6 Å². The Balaban J connectivity index is 1.79. The maximum absolute atomic E-state index is 12.8. The van der Waals surface area contributed by atoms with Gasteiger partial charge in [-0.05, 0) is 38.8 Å². The Bertz CT molecular complexity index is 951. The van der Waals surface area contributed by atoms with E-state index in [1.165, 1.54) is 12.1 Å². The molecule has 1 aromatic carbocycles. The van der Waals surface area contributed by atoms with Gasteiger partial charge in [-0.3, -0.25) is 9.59 Å². The van der Waals surface area contributed by atoms with Crippen LogP contribution in [0.2, 0.25) is 0 Å². The number of benzene rings is 1. The predicted molar refractivity (Wildman–Crippen MR) is 105 cm³/mol. The quantitative estimate of drug-likeness (QED) is 0.710. The summed E-state index contributed by atoms with van der Waals surface area (Å²) < 4.78 is 47.0. The molecule has 0 bridgehead atoms. The maximum atomic E-state index is 12.8. The van der Waals surface area contributed by atoms with Crippen molar-refractivity contribution in [1.29, 1.82) is 0 Å². The van der Waals surface area contributed by atoms with E-state index in [1.807, 2.05) is 0 Å². The molecule has 10 heteroatoms. The molecule has 2 aliphatic heterocycles. The van der Waals surface area contributed by atoms with Crippen molar-refractivity contribution in [3.8, 4) is 0 Å². The fraction of sp³-hybridized carbons (Fsp3) is 0.556. The van der Waals surface area contributed by atoms with Crippen LogP contribution in [-0.2, 0) is 19.7 Å². The summed E-state index contributed by atoms with van der Waals surface area (Å²) in [5.41, 5.74) is -1.53. The van der Waals surface area contributed by atoms with Crippen LogP contribution in [0.4, 0.5) is 0 Å². The van der Waals surface area contributed by atoms with Crippen LogP contribution in [0.5, 0.6) is 0 Å². The molecule has 3 rings (SSSR count). The van der Waals surface area contributed by atoms with Crippen LogP contribution in [0.1, 0.15) is 47.4 Å². The Morgan fingerprint density at radius 3 is 1.43 bits per heavy atom. The fourth-order valence-electron chi connectivity index (χ4n) is 3.78. The number of carbonyl (C=O) groups excluding carboxylic acids is 2. The lowest BCUT2D eigenvalue weighted by Gasteiger charge is -2.26. The Labute approximate surface area is 164 Å². The summed E-state index contributed by atoms with van der Waals surface area (Å²) in [6.07, 6.45) is 0.622. The zero-order chi connectivity index (χ0) is 20.8. The molecule has 2 heterocycles. The van der Waals surface area contributed by atoms with Gasteiger partial charge in [-0.1, -0.05) is 12.1 Å². The van der Waals surface area contributed by atoms with Crippen molar-refractivity contribution in [2.24, 2.45) is 0 Å². The molecule has 0 aliphatic carbocycles. The molecule has 1 aromatic rings. The molecule has 154 valence electrons. The molecule has 8 nitrogen and oxygen atoms in total. The second-order valence-corrected chi connectivity index (χ2v) is 12.6. The van der Waals surface area contributed by atoms with E-state index in [9.17, 15) is 26.4 Å². The van der Waals surface area contributed by atoms with Crippen molar-refractivity contribution in [3.05, 3.63) is 35.4 Å². The van der Waals surface area contributed by atoms with E-state index in [2.05, 4.69) is 10.6 Å². The molecule has 2 amide bonds. The molecule has 2 saturated heterocycles. The van der Waals surface area contributed by atoms with Crippen molar-refractivity contribution >= 4 is 31.5 Å². The van der Waals surface area contributed by atoms with Crippen molar-refractivity contribution in [1.82, 2.24) is 10.6 Å². The number of amides is 2. The van der Waals surface area contributed by atoms with Gasteiger partial charge >= 0.3 is 0 Å². The van der Waals surface area contributed by atoms with Crippen LogP contribution < -0.4 is 10.6 Å². The lowest BCUT2D eigenvalue weighted by atomic mass is 9.98. The van der Waals surface area contributed by atoms with Gasteiger partial charge < -0.3 is 10.6 Å². The minimum Gasteiger partial charge on any atom is -0.346 e. The van der Waals surface area contributed by atoms with Gasteiger partial charge in [0.05, 0.1) is 45.2 Å². The summed E-state index contributed by atoms with van der Waals surface area (Å²) in [5, 5.41) is 5.49. The molecular formula is C18H24N2O6S2. The summed E-state index contributed by atoms with van der Waals surface area (Å²) in [6.45, 7) is 3.34. The van der Waals surface area contributed by atoms with Crippen LogP contribution in [-0.4, -0.2) is 62.7 Å². The van der Waals surface area contributed by atoms with Crippen molar-refractivity contribution in [2.45, 2.75) is 37.8 Å². The number of sulfone groups is 2. The molecule has 2 N–H and O–H groups in total. The topological polar surface area (TPSA) is 126 Å². The highest BCUT2D eigenvalue weighted by atomic mass is 32.2. The van der Waals surface area contributed by atoms with E-state index >= 15 is 0 Å². The standard InChI is InChI=1S/C18H24N2O6S2/c1-17(7-9-27(23,24)11-17)19-15(21)13-5-3-4-6-14(13)16(22)20-18(2)8-10-28(25,26)12-18/h3-6H,7-12H2,1-2H3,(H,19,21)(H,20,22)/t17-,18-/m1/s1. The lowest BCUT2D eigenvalue weighted by molar-refractivity contribution is 0.0879. The van der Waals surface area contributed by atoms with Gasteiger partial charge in [0.25, 0.3) is 11.8 Å². The van der Waals surface area contributed by atoms with Crippen LogP contribution in [0, 0.1) is 0 Å². The van der Waals surface area contributed by atoms with Gasteiger partial charge in [-0.15, -0.1) is 0 Å². The predicted octanol–water partition coefficient (Wildman–Crippen LogP) is 0.301. The zero-order valence-electron chi connectivity index (χ0n) is 15.8. The average Bonchev–Trinajstić information content (AvgIpc) is 3.01. The third kappa shape index (κ3) is 4.54. The van der Waals surface area contributed by atoms with Crippen molar-refractivity contribution < 1.29 is 26.4 Å². The number of carbonyl (C=O) groups is 2. The Morgan fingerprint density at radius 1 is 0.786 bits per heavy atom. The van der Waals surface area contributed by atoms with Crippen LogP contribution in [0.25, 0.3) is 0 Å². The van der Waals surface area contributed by atoms with E-state index in [0.29, 0.717) is 12.8 Å². The van der Waals surface area contributed by atoms with E-state index in [1.54, 1.807) is 26.0 Å². The van der Waals surface area contributed by atoms with Crippen LogP contribution >= 0.6 is 0 Å². The van der Waals surface area contributed by atoms with E-state index in [-0.39, 0.29) is 34.1 Å².